The van der Waals surface area contributed by atoms with E-state index in [-0.39, 0.29) is 23.9 Å². The number of aromatic hydroxyl groups is 1. The number of fused-ring (bicyclic) bond motifs is 2. The number of aliphatic imine (C=N–C) groups is 1. The first-order chi connectivity index (χ1) is 23.0. The molecule has 9 heteroatoms. The summed E-state index contributed by atoms with van der Waals surface area (Å²) in [6.45, 7) is 9.75. The van der Waals surface area contributed by atoms with Crippen molar-refractivity contribution in [3.63, 3.8) is 0 Å². The average molecular weight is 685 g/mol. The SMILES string of the molecule is CC(Cc1ccc2c(c1)OCS2)N(C)C(=O)OC(C)(C)C.CC(Cc1ccc2c(c1)OCS2)N=C(c1ccccc1)c1ccccc1O. The lowest BCUT2D eigenvalue weighted by molar-refractivity contribution is 0.0236. The molecule has 0 spiro atoms. The minimum atomic E-state index is -0.469. The Kier molecular flexibility index (Phi) is 11.7. The predicted molar refractivity (Wildman–Crippen MR) is 196 cm³/mol. The van der Waals surface area contributed by atoms with Crippen LogP contribution in [0, 0.1) is 0 Å². The summed E-state index contributed by atoms with van der Waals surface area (Å²) in [5.74, 6) is 3.54. The van der Waals surface area contributed by atoms with Gasteiger partial charge in [-0.1, -0.05) is 78.1 Å². The average Bonchev–Trinajstić information content (AvgIpc) is 3.73. The summed E-state index contributed by atoms with van der Waals surface area (Å²) < 4.78 is 16.6. The largest absolute Gasteiger partial charge is 0.507 e. The number of hydrogen-bond acceptors (Lipinski definition) is 8. The Bertz CT molecular complexity index is 1740. The number of phenolic OH excluding ortho intramolecular Hbond substituents is 1. The molecule has 0 bridgehead atoms. The normalized spacial score (nSPS) is 14.8. The number of benzene rings is 4. The number of para-hydroxylation sites is 1. The molecule has 4 aromatic rings. The van der Waals surface area contributed by atoms with Crippen molar-refractivity contribution in [2.45, 2.75) is 74.9 Å². The van der Waals surface area contributed by atoms with Gasteiger partial charge in [-0.2, -0.15) is 0 Å². The van der Waals surface area contributed by atoms with Crippen molar-refractivity contribution in [3.8, 4) is 17.2 Å². The minimum Gasteiger partial charge on any atom is -0.507 e. The molecule has 0 radical (unpaired) electrons. The van der Waals surface area contributed by atoms with E-state index < -0.39 is 5.60 Å². The molecule has 0 saturated carbocycles. The highest BCUT2D eigenvalue weighted by Crippen LogP contribution is 2.38. The van der Waals surface area contributed by atoms with Gasteiger partial charge >= 0.3 is 6.09 Å². The fraction of sp³-hybridized carbons (Fsp3) is 0.333. The Morgan fingerprint density at radius 1 is 0.854 bits per heavy atom. The molecule has 1 N–H and O–H groups in total. The van der Waals surface area contributed by atoms with Crippen LogP contribution in [0.4, 0.5) is 4.79 Å². The zero-order chi connectivity index (χ0) is 34.3. The smallest absolute Gasteiger partial charge is 0.410 e. The number of carbonyl (C=O) groups excluding carboxylic acids is 1. The first-order valence-electron chi connectivity index (χ1n) is 16.1. The summed E-state index contributed by atoms with van der Waals surface area (Å²) in [5, 5.41) is 10.4. The zero-order valence-electron chi connectivity index (χ0n) is 28.4. The maximum Gasteiger partial charge on any atom is 0.410 e. The summed E-state index contributed by atoms with van der Waals surface area (Å²) in [4.78, 5) is 21.1. The Morgan fingerprint density at radius 2 is 1.42 bits per heavy atom. The van der Waals surface area contributed by atoms with Gasteiger partial charge in [-0.25, -0.2) is 4.79 Å². The summed E-state index contributed by atoms with van der Waals surface area (Å²) in [5.41, 5.74) is 4.47. The van der Waals surface area contributed by atoms with Crippen LogP contribution in [0.1, 0.15) is 56.9 Å². The van der Waals surface area contributed by atoms with Crippen molar-refractivity contribution >= 4 is 35.3 Å². The predicted octanol–water partition coefficient (Wildman–Crippen LogP) is 9.23. The number of hydrogen-bond donors (Lipinski definition) is 1. The molecule has 2 unspecified atom stereocenters. The fourth-order valence-corrected chi connectivity index (χ4v) is 6.78. The standard InChI is InChI=1S/C23H21NO2S.C16H23NO3S/c1-16(13-17-11-12-22-21(14-17)26-15-27-22)24-23(18-7-3-2-4-8-18)19-9-5-6-10-20(19)25;1-11(17(5)15(18)20-16(2,3)4)8-12-6-7-14-13(9-12)19-10-21-14/h2-12,14,16,25H,13,15H2,1H3;6-7,9,11H,8,10H2,1-5H3. The molecule has 0 aliphatic carbocycles. The summed E-state index contributed by atoms with van der Waals surface area (Å²) >= 11 is 3.43. The van der Waals surface area contributed by atoms with E-state index in [1.807, 2.05) is 76.2 Å². The van der Waals surface area contributed by atoms with E-state index >= 15 is 0 Å². The molecular formula is C39H44N2O5S2. The van der Waals surface area contributed by atoms with Crippen LogP contribution in [0.3, 0.4) is 0 Å². The van der Waals surface area contributed by atoms with E-state index in [4.69, 9.17) is 19.2 Å². The van der Waals surface area contributed by atoms with Gasteiger partial charge in [0, 0.05) is 24.2 Å². The number of amides is 1. The van der Waals surface area contributed by atoms with E-state index in [0.29, 0.717) is 11.9 Å². The number of rotatable bonds is 8. The first-order valence-corrected chi connectivity index (χ1v) is 18.1. The zero-order valence-corrected chi connectivity index (χ0v) is 30.1. The lowest BCUT2D eigenvalue weighted by Gasteiger charge is -2.28. The number of carbonyl (C=O) groups is 1. The highest BCUT2D eigenvalue weighted by atomic mass is 32.2. The van der Waals surface area contributed by atoms with Gasteiger partial charge in [-0.3, -0.25) is 4.99 Å². The van der Waals surface area contributed by atoms with Crippen LogP contribution in [0.5, 0.6) is 17.2 Å². The fourth-order valence-electron chi connectivity index (χ4n) is 5.30. The lowest BCUT2D eigenvalue weighted by Crippen LogP contribution is -2.40. The molecule has 2 atom stereocenters. The Labute approximate surface area is 292 Å². The van der Waals surface area contributed by atoms with E-state index in [1.54, 1.807) is 41.5 Å². The highest BCUT2D eigenvalue weighted by molar-refractivity contribution is 7.99. The van der Waals surface area contributed by atoms with Crippen LogP contribution in [0.2, 0.25) is 0 Å². The number of ether oxygens (including phenoxy) is 3. The maximum absolute atomic E-state index is 12.1. The molecular weight excluding hydrogens is 641 g/mol. The molecule has 2 aliphatic rings. The third kappa shape index (κ3) is 9.51. The number of phenols is 1. The van der Waals surface area contributed by atoms with Crippen molar-refractivity contribution < 1.29 is 24.1 Å². The van der Waals surface area contributed by atoms with Crippen LogP contribution in [0.25, 0.3) is 0 Å². The molecule has 0 aromatic heterocycles. The molecule has 4 aromatic carbocycles. The molecule has 2 aliphatic heterocycles. The van der Waals surface area contributed by atoms with E-state index in [9.17, 15) is 9.90 Å². The maximum atomic E-state index is 12.1. The quantitative estimate of drug-likeness (QED) is 0.185. The molecule has 7 nitrogen and oxygen atoms in total. The van der Waals surface area contributed by atoms with Crippen LogP contribution in [0.15, 0.2) is 106 Å². The van der Waals surface area contributed by atoms with Crippen molar-refractivity contribution in [2.24, 2.45) is 4.99 Å². The van der Waals surface area contributed by atoms with Gasteiger partial charge in [0.2, 0.25) is 0 Å². The van der Waals surface area contributed by atoms with Gasteiger partial charge in [-0.05, 0) is 95.0 Å². The van der Waals surface area contributed by atoms with Gasteiger partial charge in [0.1, 0.15) is 34.7 Å². The van der Waals surface area contributed by atoms with E-state index in [2.05, 4.69) is 43.3 Å². The molecule has 1 amide bonds. The van der Waals surface area contributed by atoms with Crippen molar-refractivity contribution in [1.82, 2.24) is 4.90 Å². The first kappa shape index (κ1) is 35.2. The number of nitrogens with zero attached hydrogens (tertiary/aromatic N) is 2. The second kappa shape index (κ2) is 15.9. The van der Waals surface area contributed by atoms with Crippen LogP contribution in [-0.4, -0.2) is 58.4 Å². The number of thioether (sulfide) groups is 2. The van der Waals surface area contributed by atoms with Crippen molar-refractivity contribution in [3.05, 3.63) is 113 Å². The molecule has 48 heavy (non-hydrogen) atoms. The van der Waals surface area contributed by atoms with Gasteiger partial charge in [0.15, 0.2) is 0 Å². The molecule has 0 fully saturated rings. The minimum absolute atomic E-state index is 0.0620. The molecule has 0 saturated heterocycles. The molecule has 2 heterocycles. The number of likely N-dealkylation sites (N-methyl/N-ethyl adjacent to an activating group) is 1. The summed E-state index contributed by atoms with van der Waals surface area (Å²) in [6.07, 6.45) is 1.30. The van der Waals surface area contributed by atoms with Gasteiger partial charge in [0.05, 0.1) is 21.5 Å². The van der Waals surface area contributed by atoms with E-state index in [0.717, 1.165) is 41.2 Å². The molecule has 6 rings (SSSR count). The van der Waals surface area contributed by atoms with Gasteiger partial charge < -0.3 is 24.2 Å². The third-order valence-corrected chi connectivity index (χ3v) is 9.60. The second-order valence-corrected chi connectivity index (χ2v) is 14.9. The van der Waals surface area contributed by atoms with Crippen molar-refractivity contribution in [2.75, 3.05) is 18.9 Å². The molecule has 252 valence electrons. The monoisotopic (exact) mass is 684 g/mol. The summed E-state index contributed by atoms with van der Waals surface area (Å²) in [6, 6.07) is 30.1. The highest BCUT2D eigenvalue weighted by Gasteiger charge is 2.24. The van der Waals surface area contributed by atoms with Crippen molar-refractivity contribution in [1.29, 1.82) is 0 Å². The van der Waals surface area contributed by atoms with Gasteiger partial charge in [0.25, 0.3) is 0 Å². The van der Waals surface area contributed by atoms with Crippen LogP contribution < -0.4 is 9.47 Å². The Balaban J connectivity index is 0.000000194. The Hall–Kier alpha value is -4.08. The van der Waals surface area contributed by atoms with Crippen LogP contribution in [-0.2, 0) is 17.6 Å². The third-order valence-electron chi connectivity index (χ3n) is 7.83. The lowest BCUT2D eigenvalue weighted by atomic mass is 10.00. The topological polar surface area (TPSA) is 80.6 Å². The van der Waals surface area contributed by atoms with Gasteiger partial charge in [-0.15, -0.1) is 0 Å². The van der Waals surface area contributed by atoms with Crippen LogP contribution >= 0.6 is 23.5 Å². The second-order valence-electron chi connectivity index (χ2n) is 12.9. The van der Waals surface area contributed by atoms with E-state index in [1.165, 1.54) is 20.9 Å². The Morgan fingerprint density at radius 3 is 2.00 bits per heavy atom. The summed E-state index contributed by atoms with van der Waals surface area (Å²) in [7, 11) is 1.78.